The van der Waals surface area contributed by atoms with Gasteiger partial charge in [-0.05, 0) is 37.0 Å². The molecule has 0 atom stereocenters. The zero-order valence-electron chi connectivity index (χ0n) is 18.5. The van der Waals surface area contributed by atoms with Gasteiger partial charge >= 0.3 is 5.97 Å². The first-order valence-corrected chi connectivity index (χ1v) is 11.8. The molecule has 0 aliphatic heterocycles. The zero-order chi connectivity index (χ0) is 23.1. The summed E-state index contributed by atoms with van der Waals surface area (Å²) in [7, 11) is 1.91. The van der Waals surface area contributed by atoms with E-state index in [9.17, 15) is 4.79 Å². The minimum absolute atomic E-state index is 0.224. The fourth-order valence-electron chi connectivity index (χ4n) is 3.68. The van der Waals surface area contributed by atoms with Gasteiger partial charge in [-0.1, -0.05) is 55.5 Å². The molecule has 0 aliphatic carbocycles. The number of carbonyl (C=O) groups is 1. The average molecular weight is 478 g/mol. The van der Waals surface area contributed by atoms with Crippen molar-refractivity contribution in [1.29, 1.82) is 0 Å². The topological polar surface area (TPSA) is 92.9 Å². The largest absolute Gasteiger partial charge is 0.481 e. The number of nitrogens with zero attached hydrogens (tertiary/aromatic N) is 4. The number of aromatic nitrogens is 4. The number of rotatable bonds is 12. The van der Waals surface area contributed by atoms with Gasteiger partial charge in [0.1, 0.15) is 16.9 Å². The Labute approximate surface area is 198 Å². The second-order valence-corrected chi connectivity index (χ2v) is 8.73. The molecule has 0 radical (unpaired) electrons. The highest BCUT2D eigenvalue weighted by Crippen LogP contribution is 2.26. The van der Waals surface area contributed by atoms with Crippen LogP contribution in [-0.2, 0) is 31.2 Å². The summed E-state index contributed by atoms with van der Waals surface area (Å²) in [6.45, 7) is 2.68. The Morgan fingerprint density at radius 3 is 2.59 bits per heavy atom. The van der Waals surface area contributed by atoms with Gasteiger partial charge in [-0.15, -0.1) is 0 Å². The van der Waals surface area contributed by atoms with Crippen LogP contribution in [0.1, 0.15) is 62.5 Å². The lowest BCUT2D eigenvalue weighted by Gasteiger charge is -2.11. The van der Waals surface area contributed by atoms with E-state index >= 15 is 0 Å². The van der Waals surface area contributed by atoms with Gasteiger partial charge in [0.15, 0.2) is 5.82 Å². The molecule has 0 fully saturated rings. The van der Waals surface area contributed by atoms with Gasteiger partial charge in [-0.2, -0.15) is 5.10 Å². The monoisotopic (exact) mass is 477 g/mol. The molecule has 3 aromatic rings. The maximum atomic E-state index is 10.7. The third kappa shape index (κ3) is 6.33. The maximum Gasteiger partial charge on any atom is 0.303 e. The normalized spacial score (nSPS) is 11.2. The number of carboxylic acids is 1. The fraction of sp³-hybridized carbons (Fsp3) is 0.478. The van der Waals surface area contributed by atoms with Gasteiger partial charge in [0.05, 0.1) is 15.7 Å². The van der Waals surface area contributed by atoms with Crippen molar-refractivity contribution >= 4 is 46.0 Å². The molecule has 1 aromatic carbocycles. The van der Waals surface area contributed by atoms with E-state index in [2.05, 4.69) is 17.3 Å². The first kappa shape index (κ1) is 24.3. The van der Waals surface area contributed by atoms with Crippen molar-refractivity contribution in [3.05, 3.63) is 45.3 Å². The molecular formula is C23H29Cl2N5O2. The number of aliphatic carboxylic acids is 1. The smallest absolute Gasteiger partial charge is 0.303 e. The van der Waals surface area contributed by atoms with Crippen LogP contribution in [0.2, 0.25) is 10.0 Å². The Morgan fingerprint density at radius 1 is 1.09 bits per heavy atom. The Kier molecular flexibility index (Phi) is 8.70. The molecule has 32 heavy (non-hydrogen) atoms. The first-order valence-electron chi connectivity index (χ1n) is 11.0. The molecule has 2 N–H and O–H groups in total. The molecule has 0 bridgehead atoms. The predicted molar refractivity (Wildman–Crippen MR) is 129 cm³/mol. The van der Waals surface area contributed by atoms with Crippen molar-refractivity contribution < 1.29 is 9.90 Å². The van der Waals surface area contributed by atoms with Crippen molar-refractivity contribution in [3.63, 3.8) is 0 Å². The van der Waals surface area contributed by atoms with E-state index in [4.69, 9.17) is 38.3 Å². The Morgan fingerprint density at radius 2 is 1.88 bits per heavy atom. The van der Waals surface area contributed by atoms with Gasteiger partial charge in [0.25, 0.3) is 0 Å². The minimum atomic E-state index is -0.739. The molecule has 0 aliphatic rings. The molecule has 0 saturated carbocycles. The number of aryl methyl sites for hydroxylation is 3. The highest BCUT2D eigenvalue weighted by atomic mass is 35.5. The number of nitrogens with one attached hydrogen (secondary N) is 1. The van der Waals surface area contributed by atoms with Crippen LogP contribution in [0.15, 0.2) is 18.2 Å². The molecule has 3 rings (SSSR count). The lowest BCUT2D eigenvalue weighted by Crippen LogP contribution is -2.07. The molecule has 172 valence electrons. The SMILES string of the molecule is CCCc1nn(C)c2c(NCc3ccc(Cl)c(Cl)c3)nc(CCCCCCC(=O)O)nc12. The second-order valence-electron chi connectivity index (χ2n) is 7.92. The molecular weight excluding hydrogens is 449 g/mol. The minimum Gasteiger partial charge on any atom is -0.481 e. The van der Waals surface area contributed by atoms with E-state index in [1.807, 2.05) is 23.9 Å². The van der Waals surface area contributed by atoms with E-state index in [-0.39, 0.29) is 6.42 Å². The molecule has 9 heteroatoms. The number of carboxylic acid groups (broad SMARTS) is 1. The van der Waals surface area contributed by atoms with Gasteiger partial charge in [0, 0.05) is 26.4 Å². The summed E-state index contributed by atoms with van der Waals surface area (Å²) < 4.78 is 1.84. The zero-order valence-corrected chi connectivity index (χ0v) is 20.0. The molecule has 0 amide bonds. The number of anilines is 1. The molecule has 2 aromatic heterocycles. The molecule has 0 spiro atoms. The van der Waals surface area contributed by atoms with E-state index in [1.54, 1.807) is 6.07 Å². The third-order valence-corrected chi connectivity index (χ3v) is 6.01. The maximum absolute atomic E-state index is 10.7. The van der Waals surface area contributed by atoms with Crippen LogP contribution < -0.4 is 5.32 Å². The molecule has 2 heterocycles. The molecule has 0 unspecified atom stereocenters. The lowest BCUT2D eigenvalue weighted by atomic mass is 10.1. The molecule has 0 saturated heterocycles. The van der Waals surface area contributed by atoms with Gasteiger partial charge in [-0.3, -0.25) is 9.48 Å². The Hall–Kier alpha value is -2.38. The van der Waals surface area contributed by atoms with Gasteiger partial charge in [-0.25, -0.2) is 9.97 Å². The van der Waals surface area contributed by atoms with Crippen molar-refractivity contribution in [1.82, 2.24) is 19.7 Å². The number of unbranched alkanes of at least 4 members (excludes halogenated alkanes) is 3. The summed E-state index contributed by atoms with van der Waals surface area (Å²) in [5, 5.41) is 17.9. The van der Waals surface area contributed by atoms with Crippen molar-refractivity contribution in [3.8, 4) is 0 Å². The van der Waals surface area contributed by atoms with Crippen LogP contribution in [0.5, 0.6) is 0 Å². The highest BCUT2D eigenvalue weighted by Gasteiger charge is 2.17. The summed E-state index contributed by atoms with van der Waals surface area (Å²) in [5.41, 5.74) is 3.76. The second kappa shape index (κ2) is 11.5. The predicted octanol–water partition coefficient (Wildman–Crippen LogP) is 5.81. The van der Waals surface area contributed by atoms with E-state index in [1.165, 1.54) is 0 Å². The average Bonchev–Trinajstić information content (AvgIpc) is 3.07. The molecule has 7 nitrogen and oxygen atoms in total. The van der Waals surface area contributed by atoms with Crippen LogP contribution in [0, 0.1) is 0 Å². The van der Waals surface area contributed by atoms with E-state index in [0.717, 1.165) is 72.5 Å². The number of hydrogen-bond donors (Lipinski definition) is 2. The number of halogens is 2. The van der Waals surface area contributed by atoms with Crippen LogP contribution in [0.25, 0.3) is 11.0 Å². The number of benzene rings is 1. The lowest BCUT2D eigenvalue weighted by molar-refractivity contribution is -0.137. The summed E-state index contributed by atoms with van der Waals surface area (Å²) in [4.78, 5) is 20.3. The Balaban J connectivity index is 1.79. The highest BCUT2D eigenvalue weighted by molar-refractivity contribution is 6.42. The number of hydrogen-bond acceptors (Lipinski definition) is 5. The van der Waals surface area contributed by atoms with Crippen LogP contribution in [-0.4, -0.2) is 30.8 Å². The van der Waals surface area contributed by atoms with Gasteiger partial charge in [0.2, 0.25) is 0 Å². The fourth-order valence-corrected chi connectivity index (χ4v) is 4.00. The van der Waals surface area contributed by atoms with Crippen molar-refractivity contribution in [2.45, 2.75) is 64.8 Å². The summed E-state index contributed by atoms with van der Waals surface area (Å²) in [6, 6.07) is 5.57. The van der Waals surface area contributed by atoms with E-state index in [0.29, 0.717) is 23.0 Å². The first-order chi connectivity index (χ1) is 15.4. The standard InChI is InChI=1S/C23H29Cl2N5O2/c1-3-8-18-21-22(30(2)29-18)23(26-14-15-11-12-16(24)17(25)13-15)28-19(27-21)9-6-4-5-7-10-20(31)32/h11-13H,3-10,14H2,1-2H3,(H,31,32)(H,26,27,28). The third-order valence-electron chi connectivity index (χ3n) is 5.27. The summed E-state index contributed by atoms with van der Waals surface area (Å²) in [5.74, 6) is 0.786. The summed E-state index contributed by atoms with van der Waals surface area (Å²) in [6.07, 6.45) is 6.28. The van der Waals surface area contributed by atoms with Crippen LogP contribution >= 0.6 is 23.2 Å². The van der Waals surface area contributed by atoms with Crippen LogP contribution in [0.4, 0.5) is 5.82 Å². The van der Waals surface area contributed by atoms with Gasteiger partial charge < -0.3 is 10.4 Å². The van der Waals surface area contributed by atoms with E-state index < -0.39 is 5.97 Å². The Bertz CT molecular complexity index is 1080. The van der Waals surface area contributed by atoms with Crippen LogP contribution in [0.3, 0.4) is 0 Å². The van der Waals surface area contributed by atoms with Crippen molar-refractivity contribution in [2.24, 2.45) is 7.05 Å². The van der Waals surface area contributed by atoms with Crippen molar-refractivity contribution in [2.75, 3.05) is 5.32 Å². The number of fused-ring (bicyclic) bond motifs is 1. The quantitative estimate of drug-likeness (QED) is 0.319. The summed E-state index contributed by atoms with van der Waals surface area (Å²) >= 11 is 12.2.